The molecule has 1 aromatic carbocycles. The number of rotatable bonds is 8. The number of carbonyl (C=O) groups excluding carboxylic acids is 1. The number of benzene rings is 1. The second-order valence-electron chi connectivity index (χ2n) is 6.24. The lowest BCUT2D eigenvalue weighted by molar-refractivity contribution is 0.246. The third-order valence-electron chi connectivity index (χ3n) is 4.33. The van der Waals surface area contributed by atoms with Gasteiger partial charge in [-0.2, -0.15) is 0 Å². The van der Waals surface area contributed by atoms with Crippen molar-refractivity contribution in [2.45, 2.75) is 56.8 Å². The van der Waals surface area contributed by atoms with Crippen LogP contribution in [0.25, 0.3) is 0 Å². The minimum absolute atomic E-state index is 0.0931. The van der Waals surface area contributed by atoms with Crippen LogP contribution in [0, 0.1) is 0 Å². The van der Waals surface area contributed by atoms with Crippen LogP contribution >= 0.6 is 0 Å². The number of nitrogens with one attached hydrogen (secondary N) is 1. The van der Waals surface area contributed by atoms with E-state index in [-0.39, 0.29) is 10.9 Å². The maximum Gasteiger partial charge on any atom is 0.321 e. The van der Waals surface area contributed by atoms with Gasteiger partial charge in [0, 0.05) is 18.8 Å². The fraction of sp³-hybridized carbons (Fsp3) is 0.588. The van der Waals surface area contributed by atoms with E-state index in [1.165, 1.54) is 31.7 Å². The Hall–Kier alpha value is -1.60. The summed E-state index contributed by atoms with van der Waals surface area (Å²) in [7, 11) is -3.71. The number of nitrogens with two attached hydrogens (primary N) is 1. The molecule has 0 saturated carbocycles. The predicted octanol–water partition coefficient (Wildman–Crippen LogP) is 2.77. The number of urea groups is 1. The van der Waals surface area contributed by atoms with Gasteiger partial charge in [-0.05, 0) is 36.6 Å². The number of anilines is 1. The number of primary sulfonamides is 1. The van der Waals surface area contributed by atoms with E-state index in [1.54, 1.807) is 17.0 Å². The summed E-state index contributed by atoms with van der Waals surface area (Å²) in [6.45, 7) is 3.43. The van der Waals surface area contributed by atoms with E-state index in [2.05, 4.69) is 12.2 Å². The Kier molecular flexibility index (Phi) is 6.62. The van der Waals surface area contributed by atoms with Crippen LogP contribution in [-0.4, -0.2) is 27.5 Å². The average molecular weight is 353 g/mol. The molecule has 1 heterocycles. The lowest BCUT2D eigenvalue weighted by Crippen LogP contribution is -2.39. The molecule has 1 aliphatic rings. The highest BCUT2D eigenvalue weighted by Crippen LogP contribution is 2.29. The second kappa shape index (κ2) is 8.48. The molecule has 0 fully saturated rings. The van der Waals surface area contributed by atoms with Crippen LogP contribution in [0.15, 0.2) is 23.1 Å². The highest BCUT2D eigenvalue weighted by molar-refractivity contribution is 7.89. The van der Waals surface area contributed by atoms with Crippen molar-refractivity contribution >= 4 is 21.7 Å². The fourth-order valence-corrected chi connectivity index (χ4v) is 3.53. The molecule has 0 bridgehead atoms. The Morgan fingerprint density at radius 3 is 2.62 bits per heavy atom. The van der Waals surface area contributed by atoms with E-state index in [9.17, 15) is 13.2 Å². The smallest absolute Gasteiger partial charge is 0.321 e. The summed E-state index contributed by atoms with van der Waals surface area (Å²) in [6.07, 6.45) is 7.75. The van der Waals surface area contributed by atoms with Crippen LogP contribution in [0.4, 0.5) is 10.5 Å². The van der Waals surface area contributed by atoms with Crippen LogP contribution in [0.5, 0.6) is 0 Å². The van der Waals surface area contributed by atoms with E-state index >= 15 is 0 Å². The molecular formula is C17H27N3O3S. The molecule has 0 saturated heterocycles. The van der Waals surface area contributed by atoms with Crippen molar-refractivity contribution in [1.29, 1.82) is 0 Å². The van der Waals surface area contributed by atoms with Gasteiger partial charge in [0.1, 0.15) is 0 Å². The van der Waals surface area contributed by atoms with Gasteiger partial charge in [-0.1, -0.05) is 39.0 Å². The molecule has 1 aliphatic heterocycles. The molecule has 0 aromatic heterocycles. The van der Waals surface area contributed by atoms with Gasteiger partial charge in [0.05, 0.1) is 4.90 Å². The summed E-state index contributed by atoms with van der Waals surface area (Å²) >= 11 is 0. The van der Waals surface area contributed by atoms with E-state index < -0.39 is 10.0 Å². The maximum absolute atomic E-state index is 12.3. The van der Waals surface area contributed by atoms with Crippen molar-refractivity contribution in [3.05, 3.63) is 23.8 Å². The minimum atomic E-state index is -3.71. The highest BCUT2D eigenvalue weighted by Gasteiger charge is 2.25. The minimum Gasteiger partial charge on any atom is -0.338 e. The number of hydrogen-bond acceptors (Lipinski definition) is 3. The molecule has 0 atom stereocenters. The van der Waals surface area contributed by atoms with Gasteiger partial charge in [0.2, 0.25) is 10.0 Å². The third-order valence-corrected chi connectivity index (χ3v) is 5.24. The van der Waals surface area contributed by atoms with Crippen molar-refractivity contribution < 1.29 is 13.2 Å². The van der Waals surface area contributed by atoms with E-state index in [0.29, 0.717) is 19.5 Å². The maximum atomic E-state index is 12.3. The summed E-state index contributed by atoms with van der Waals surface area (Å²) in [5.41, 5.74) is 1.61. The van der Waals surface area contributed by atoms with Crippen LogP contribution in [-0.2, 0) is 16.4 Å². The van der Waals surface area contributed by atoms with Gasteiger partial charge < -0.3 is 5.32 Å². The molecule has 0 aliphatic carbocycles. The molecule has 1 aromatic rings. The standard InChI is InChI=1S/C17H27N3O3S/c1-2-3-4-5-6-7-11-19-17(21)20-12-10-14-13-15(24(18,22)23)8-9-16(14)20/h8-9,13H,2-7,10-12H2,1H3,(H,19,21)(H2,18,22,23). The zero-order valence-electron chi connectivity index (χ0n) is 14.3. The Bertz CT molecular complexity index is 674. The molecule has 6 nitrogen and oxygen atoms in total. The molecule has 0 unspecified atom stereocenters. The monoisotopic (exact) mass is 353 g/mol. The number of sulfonamides is 1. The van der Waals surface area contributed by atoms with Crippen molar-refractivity contribution in [3.63, 3.8) is 0 Å². The molecule has 0 spiro atoms. The molecule has 2 rings (SSSR count). The predicted molar refractivity (Wildman–Crippen MR) is 95.6 cm³/mol. The number of hydrogen-bond donors (Lipinski definition) is 2. The highest BCUT2D eigenvalue weighted by atomic mass is 32.2. The van der Waals surface area contributed by atoms with Crippen molar-refractivity contribution in [2.24, 2.45) is 5.14 Å². The normalized spacial score (nSPS) is 13.8. The number of fused-ring (bicyclic) bond motifs is 1. The number of nitrogens with zero attached hydrogens (tertiary/aromatic N) is 1. The summed E-state index contributed by atoms with van der Waals surface area (Å²) in [4.78, 5) is 14.1. The lowest BCUT2D eigenvalue weighted by Gasteiger charge is -2.18. The van der Waals surface area contributed by atoms with Gasteiger partial charge in [0.15, 0.2) is 0 Å². The number of carbonyl (C=O) groups is 1. The summed E-state index contributed by atoms with van der Waals surface area (Å²) in [5, 5.41) is 8.09. The van der Waals surface area contributed by atoms with Gasteiger partial charge in [-0.15, -0.1) is 0 Å². The Balaban J connectivity index is 1.84. The fourth-order valence-electron chi connectivity index (χ4n) is 2.96. The van der Waals surface area contributed by atoms with E-state index in [0.717, 1.165) is 24.1 Å². The van der Waals surface area contributed by atoms with Crippen LogP contribution in [0.2, 0.25) is 0 Å². The first-order chi connectivity index (χ1) is 11.4. The molecule has 0 radical (unpaired) electrons. The number of unbranched alkanes of at least 4 members (excludes halogenated alkanes) is 5. The first-order valence-electron chi connectivity index (χ1n) is 8.64. The Morgan fingerprint density at radius 2 is 1.92 bits per heavy atom. The average Bonchev–Trinajstić information content (AvgIpc) is 2.96. The van der Waals surface area contributed by atoms with Gasteiger partial charge in [-0.25, -0.2) is 18.4 Å². The summed E-state index contributed by atoms with van der Waals surface area (Å²) < 4.78 is 22.8. The molecule has 2 amide bonds. The molecule has 3 N–H and O–H groups in total. The van der Waals surface area contributed by atoms with Gasteiger partial charge >= 0.3 is 6.03 Å². The van der Waals surface area contributed by atoms with E-state index in [4.69, 9.17) is 5.14 Å². The SMILES string of the molecule is CCCCCCCCNC(=O)N1CCc2cc(S(N)(=O)=O)ccc21. The Labute approximate surface area is 144 Å². The summed E-state index contributed by atoms with van der Waals surface area (Å²) in [6, 6.07) is 4.55. The van der Waals surface area contributed by atoms with Crippen molar-refractivity contribution in [2.75, 3.05) is 18.0 Å². The largest absolute Gasteiger partial charge is 0.338 e. The zero-order valence-corrected chi connectivity index (χ0v) is 15.1. The molecule has 134 valence electrons. The van der Waals surface area contributed by atoms with Crippen LogP contribution in [0.1, 0.15) is 51.0 Å². The Morgan fingerprint density at radius 1 is 1.21 bits per heavy atom. The first kappa shape index (κ1) is 18.7. The van der Waals surface area contributed by atoms with Gasteiger partial charge in [0.25, 0.3) is 0 Å². The number of amides is 2. The molecule has 7 heteroatoms. The first-order valence-corrected chi connectivity index (χ1v) is 10.2. The molecular weight excluding hydrogens is 326 g/mol. The van der Waals surface area contributed by atoms with Crippen LogP contribution < -0.4 is 15.4 Å². The zero-order chi connectivity index (χ0) is 17.6. The topological polar surface area (TPSA) is 92.5 Å². The van der Waals surface area contributed by atoms with E-state index in [1.807, 2.05) is 0 Å². The van der Waals surface area contributed by atoms with Crippen molar-refractivity contribution in [3.8, 4) is 0 Å². The summed E-state index contributed by atoms with van der Waals surface area (Å²) in [5.74, 6) is 0. The lowest BCUT2D eigenvalue weighted by atomic mass is 10.1. The van der Waals surface area contributed by atoms with Crippen LogP contribution in [0.3, 0.4) is 0 Å². The second-order valence-corrected chi connectivity index (χ2v) is 7.80. The molecule has 24 heavy (non-hydrogen) atoms. The van der Waals surface area contributed by atoms with Gasteiger partial charge in [-0.3, -0.25) is 4.90 Å². The third kappa shape index (κ3) is 4.95. The van der Waals surface area contributed by atoms with Crippen molar-refractivity contribution in [1.82, 2.24) is 5.32 Å². The quantitative estimate of drug-likeness (QED) is 0.704.